The maximum Gasteiger partial charge on any atom is 0.237 e. The van der Waals surface area contributed by atoms with E-state index in [9.17, 15) is 17.2 Å². The number of hydrogen-bond acceptors (Lipinski definition) is 4. The van der Waals surface area contributed by atoms with E-state index in [-0.39, 0.29) is 11.6 Å². The molecule has 0 bridgehead atoms. The van der Waals surface area contributed by atoms with Gasteiger partial charge in [-0.15, -0.1) is 0 Å². The zero-order valence-corrected chi connectivity index (χ0v) is 13.6. The summed E-state index contributed by atoms with van der Waals surface area (Å²) in [7, 11) is -3.88. The predicted molar refractivity (Wildman–Crippen MR) is 83.9 cm³/mol. The Morgan fingerprint density at radius 1 is 1.29 bits per heavy atom. The van der Waals surface area contributed by atoms with Crippen LogP contribution in [-0.2, 0) is 20.5 Å². The van der Waals surface area contributed by atoms with Crippen molar-refractivity contribution in [1.29, 1.82) is 0 Å². The van der Waals surface area contributed by atoms with Gasteiger partial charge in [-0.05, 0) is 31.0 Å². The lowest BCUT2D eigenvalue weighted by atomic mass is 10.1. The smallest absolute Gasteiger partial charge is 0.237 e. The van der Waals surface area contributed by atoms with Crippen LogP contribution in [0.3, 0.4) is 0 Å². The van der Waals surface area contributed by atoms with Crippen molar-refractivity contribution in [2.75, 3.05) is 17.9 Å². The monoisotopic (exact) mass is 357 g/mol. The van der Waals surface area contributed by atoms with E-state index in [0.717, 1.165) is 31.0 Å². The summed E-state index contributed by atoms with van der Waals surface area (Å²) < 4.78 is 60.4. The normalized spacial score (nSPS) is 16.2. The van der Waals surface area contributed by atoms with E-state index < -0.39 is 27.4 Å². The van der Waals surface area contributed by atoms with Crippen LogP contribution in [0.15, 0.2) is 30.6 Å². The van der Waals surface area contributed by atoms with E-state index >= 15 is 0 Å². The van der Waals surface area contributed by atoms with Crippen molar-refractivity contribution in [3.8, 4) is 0 Å². The van der Waals surface area contributed by atoms with Gasteiger partial charge in [0.15, 0.2) is 0 Å². The number of nitrogens with one attached hydrogen (secondary N) is 1. The third-order valence-electron chi connectivity index (χ3n) is 3.79. The van der Waals surface area contributed by atoms with E-state index in [4.69, 9.17) is 4.74 Å². The summed E-state index contributed by atoms with van der Waals surface area (Å²) in [4.78, 5) is 0. The molecular formula is C15H17F2N3O3S. The molecule has 9 heteroatoms. The SMILES string of the molecule is O=S(=O)(Cc1cc(F)ccc1F)Nc1cnn(C2CCOCC2)c1. The molecule has 0 unspecified atom stereocenters. The van der Waals surface area contributed by atoms with Crippen LogP contribution in [0.1, 0.15) is 24.4 Å². The van der Waals surface area contributed by atoms with E-state index in [2.05, 4.69) is 9.82 Å². The van der Waals surface area contributed by atoms with Crippen molar-refractivity contribution in [2.24, 2.45) is 0 Å². The Kier molecular flexibility index (Phi) is 4.81. The highest BCUT2D eigenvalue weighted by Crippen LogP contribution is 2.22. The highest BCUT2D eigenvalue weighted by molar-refractivity contribution is 7.91. The fourth-order valence-electron chi connectivity index (χ4n) is 2.61. The van der Waals surface area contributed by atoms with Crippen LogP contribution in [-0.4, -0.2) is 31.4 Å². The standard InChI is InChI=1S/C15H17F2N3O3S/c16-12-1-2-15(17)11(7-12)10-24(21,22)19-13-8-18-20(9-13)14-3-5-23-6-4-14/h1-2,7-9,14,19H,3-6,10H2. The molecule has 1 aliphatic heterocycles. The summed E-state index contributed by atoms with van der Waals surface area (Å²) in [5.74, 6) is -2.10. The fraction of sp³-hybridized carbons (Fsp3) is 0.400. The van der Waals surface area contributed by atoms with Gasteiger partial charge in [0.2, 0.25) is 10.0 Å². The number of ether oxygens (including phenoxy) is 1. The molecule has 0 spiro atoms. The summed E-state index contributed by atoms with van der Waals surface area (Å²) >= 11 is 0. The Labute approximate surface area is 138 Å². The number of anilines is 1. The van der Waals surface area contributed by atoms with Crippen LogP contribution in [0.2, 0.25) is 0 Å². The molecule has 1 fully saturated rings. The molecule has 1 aliphatic rings. The Balaban J connectivity index is 1.70. The number of benzene rings is 1. The lowest BCUT2D eigenvalue weighted by Gasteiger charge is -2.22. The average molecular weight is 357 g/mol. The average Bonchev–Trinajstić information content (AvgIpc) is 2.99. The number of nitrogens with zero attached hydrogens (tertiary/aromatic N) is 2. The second-order valence-electron chi connectivity index (χ2n) is 5.65. The van der Waals surface area contributed by atoms with Crippen LogP contribution < -0.4 is 4.72 Å². The van der Waals surface area contributed by atoms with Gasteiger partial charge in [-0.3, -0.25) is 9.40 Å². The van der Waals surface area contributed by atoms with Gasteiger partial charge in [0.1, 0.15) is 11.6 Å². The van der Waals surface area contributed by atoms with Gasteiger partial charge >= 0.3 is 0 Å². The molecule has 3 rings (SSSR count). The predicted octanol–water partition coefficient (Wildman–Crippen LogP) is 2.45. The Hall–Kier alpha value is -2.00. The Bertz CT molecular complexity index is 817. The fourth-order valence-corrected chi connectivity index (χ4v) is 3.78. The second kappa shape index (κ2) is 6.86. The van der Waals surface area contributed by atoms with Crippen LogP contribution >= 0.6 is 0 Å². The van der Waals surface area contributed by atoms with Crippen LogP contribution in [0, 0.1) is 11.6 Å². The molecule has 130 valence electrons. The van der Waals surface area contributed by atoms with Gasteiger partial charge in [-0.2, -0.15) is 5.10 Å². The van der Waals surface area contributed by atoms with E-state index in [0.29, 0.717) is 18.9 Å². The van der Waals surface area contributed by atoms with Gasteiger partial charge in [-0.25, -0.2) is 17.2 Å². The summed E-state index contributed by atoms with van der Waals surface area (Å²) in [6, 6.07) is 2.89. The van der Waals surface area contributed by atoms with Gasteiger partial charge in [0, 0.05) is 25.0 Å². The molecule has 1 aromatic heterocycles. The van der Waals surface area contributed by atoms with Crippen LogP contribution in [0.25, 0.3) is 0 Å². The molecule has 6 nitrogen and oxygen atoms in total. The zero-order valence-electron chi connectivity index (χ0n) is 12.8. The first-order valence-electron chi connectivity index (χ1n) is 7.49. The number of hydrogen-bond donors (Lipinski definition) is 1. The second-order valence-corrected chi connectivity index (χ2v) is 7.37. The summed E-state index contributed by atoms with van der Waals surface area (Å²) in [6.45, 7) is 1.29. The Morgan fingerprint density at radius 3 is 2.79 bits per heavy atom. The van der Waals surface area contributed by atoms with Crippen molar-refractivity contribution in [3.05, 3.63) is 47.8 Å². The number of rotatable bonds is 5. The van der Waals surface area contributed by atoms with Crippen molar-refractivity contribution in [1.82, 2.24) is 9.78 Å². The molecule has 0 saturated carbocycles. The summed E-state index contributed by atoms with van der Waals surface area (Å²) in [5, 5.41) is 4.16. The van der Waals surface area contributed by atoms with E-state index in [1.807, 2.05) is 0 Å². The van der Waals surface area contributed by atoms with E-state index in [1.54, 1.807) is 10.9 Å². The van der Waals surface area contributed by atoms with Crippen molar-refractivity contribution < 1.29 is 21.9 Å². The molecule has 1 N–H and O–H groups in total. The van der Waals surface area contributed by atoms with Crippen molar-refractivity contribution in [2.45, 2.75) is 24.6 Å². The quantitative estimate of drug-likeness (QED) is 0.892. The Morgan fingerprint density at radius 2 is 2.04 bits per heavy atom. The third kappa shape index (κ3) is 4.09. The van der Waals surface area contributed by atoms with Crippen LogP contribution in [0.5, 0.6) is 0 Å². The first-order valence-corrected chi connectivity index (χ1v) is 9.14. The number of halogens is 2. The molecule has 0 atom stereocenters. The number of sulfonamides is 1. The largest absolute Gasteiger partial charge is 0.381 e. The van der Waals surface area contributed by atoms with Crippen molar-refractivity contribution >= 4 is 15.7 Å². The molecule has 2 heterocycles. The van der Waals surface area contributed by atoms with Crippen LogP contribution in [0.4, 0.5) is 14.5 Å². The lowest BCUT2D eigenvalue weighted by Crippen LogP contribution is -2.20. The third-order valence-corrected chi connectivity index (χ3v) is 5.03. The molecule has 0 aliphatic carbocycles. The van der Waals surface area contributed by atoms with E-state index in [1.165, 1.54) is 6.20 Å². The van der Waals surface area contributed by atoms with Gasteiger partial charge < -0.3 is 4.74 Å². The minimum Gasteiger partial charge on any atom is -0.381 e. The lowest BCUT2D eigenvalue weighted by molar-refractivity contribution is 0.0662. The highest BCUT2D eigenvalue weighted by atomic mass is 32.2. The topological polar surface area (TPSA) is 73.2 Å². The highest BCUT2D eigenvalue weighted by Gasteiger charge is 2.19. The molecular weight excluding hydrogens is 340 g/mol. The van der Waals surface area contributed by atoms with Gasteiger partial charge in [0.25, 0.3) is 0 Å². The first kappa shape index (κ1) is 16.8. The van der Waals surface area contributed by atoms with Gasteiger partial charge in [-0.1, -0.05) is 0 Å². The first-order chi connectivity index (χ1) is 11.4. The molecule has 24 heavy (non-hydrogen) atoms. The minimum atomic E-state index is -3.88. The zero-order chi connectivity index (χ0) is 17.2. The maximum absolute atomic E-state index is 13.6. The minimum absolute atomic E-state index is 0.165. The van der Waals surface area contributed by atoms with Gasteiger partial charge in [0.05, 0.1) is 23.7 Å². The van der Waals surface area contributed by atoms with Crippen molar-refractivity contribution in [3.63, 3.8) is 0 Å². The molecule has 2 aromatic rings. The summed E-state index contributed by atoms with van der Waals surface area (Å²) in [5.41, 5.74) is 0.0672. The maximum atomic E-state index is 13.6. The molecule has 1 saturated heterocycles. The summed E-state index contributed by atoms with van der Waals surface area (Å²) in [6.07, 6.45) is 4.61. The molecule has 0 radical (unpaired) electrons. The molecule has 1 aromatic carbocycles. The number of aromatic nitrogens is 2. The molecule has 0 amide bonds.